The second-order valence-electron chi connectivity index (χ2n) is 6.83. The summed E-state index contributed by atoms with van der Waals surface area (Å²) < 4.78 is 15.4. The van der Waals surface area contributed by atoms with E-state index >= 15 is 0 Å². The lowest BCUT2D eigenvalue weighted by molar-refractivity contribution is 0.0946. The number of amides is 1. The zero-order chi connectivity index (χ0) is 22.1. The van der Waals surface area contributed by atoms with E-state index < -0.39 is 11.7 Å². The Labute approximate surface area is 180 Å². The lowest BCUT2D eigenvalue weighted by Gasteiger charge is -2.12. The number of pyridine rings is 2. The van der Waals surface area contributed by atoms with Crippen molar-refractivity contribution in [1.82, 2.24) is 39.9 Å². The van der Waals surface area contributed by atoms with E-state index in [-0.39, 0.29) is 23.8 Å². The number of halogens is 1. The van der Waals surface area contributed by atoms with Gasteiger partial charge in [0, 0.05) is 24.2 Å². The van der Waals surface area contributed by atoms with Gasteiger partial charge in [0.05, 0.1) is 17.9 Å². The number of hydrogen-bond acceptors (Lipinski definition) is 7. The quantitative estimate of drug-likeness (QED) is 0.389. The molecule has 0 saturated carbocycles. The number of H-pyrrole nitrogens is 1. The fourth-order valence-corrected chi connectivity index (χ4v) is 3.24. The molecule has 0 bridgehead atoms. The number of anilines is 1. The Balaban J connectivity index is 1.56. The van der Waals surface area contributed by atoms with Crippen LogP contribution in [0.3, 0.4) is 0 Å². The number of nitrogens with two attached hydrogens (primary N) is 1. The molecule has 0 fully saturated rings. The van der Waals surface area contributed by atoms with E-state index in [0.717, 1.165) is 0 Å². The summed E-state index contributed by atoms with van der Waals surface area (Å²) in [5.74, 6) is -1.17. The first-order chi connectivity index (χ1) is 15.6. The van der Waals surface area contributed by atoms with Crippen LogP contribution >= 0.6 is 0 Å². The number of rotatable bonds is 5. The molecule has 0 aliphatic carbocycles. The minimum absolute atomic E-state index is 0.0563. The molecule has 32 heavy (non-hydrogen) atoms. The van der Waals surface area contributed by atoms with Crippen molar-refractivity contribution in [2.45, 2.75) is 6.54 Å². The maximum atomic E-state index is 13.8. The van der Waals surface area contributed by atoms with Crippen molar-refractivity contribution in [3.63, 3.8) is 0 Å². The minimum atomic E-state index is -0.596. The Morgan fingerprint density at radius 2 is 2.03 bits per heavy atom. The Bertz CT molecular complexity index is 1430. The van der Waals surface area contributed by atoms with Gasteiger partial charge in [0.15, 0.2) is 17.2 Å². The number of nitrogens with zero attached hydrogens (tertiary/aromatic N) is 6. The zero-order valence-electron chi connectivity index (χ0n) is 16.5. The number of carbonyl (C=O) groups is 1. The monoisotopic (exact) mass is 429 g/mol. The average molecular weight is 429 g/mol. The third-order valence-electron chi connectivity index (χ3n) is 4.79. The van der Waals surface area contributed by atoms with Gasteiger partial charge in [-0.15, -0.1) is 0 Å². The molecule has 0 aromatic carbocycles. The summed E-state index contributed by atoms with van der Waals surface area (Å²) >= 11 is 0. The lowest BCUT2D eigenvalue weighted by atomic mass is 10.1. The Hall–Kier alpha value is -4.67. The van der Waals surface area contributed by atoms with Gasteiger partial charge in [-0.25, -0.2) is 23.9 Å². The molecule has 5 rings (SSSR count). The van der Waals surface area contributed by atoms with Crippen LogP contribution in [0.1, 0.15) is 16.2 Å². The standard InChI is InChI=1S/C21H16FN9O/c22-13-3-1-7-25-15(13)9-26-21(32)19-20(23)30-18(14-4-2-8-24-14)17(29-19)12-5-6-16-27-11-28-31(16)10-12/h1-8,10-11,24H,9H2,(H2,23,30)(H,26,32). The fraction of sp³-hybridized carbons (Fsp3) is 0.0476. The molecule has 0 spiro atoms. The molecule has 5 aromatic heterocycles. The normalized spacial score (nSPS) is 11.0. The first-order valence-electron chi connectivity index (χ1n) is 9.59. The van der Waals surface area contributed by atoms with E-state index in [0.29, 0.717) is 28.3 Å². The highest BCUT2D eigenvalue weighted by molar-refractivity contribution is 5.97. The highest BCUT2D eigenvalue weighted by Gasteiger charge is 2.21. The summed E-state index contributed by atoms with van der Waals surface area (Å²) in [7, 11) is 0. The van der Waals surface area contributed by atoms with Crippen LogP contribution in [0.4, 0.5) is 10.2 Å². The molecule has 10 nitrogen and oxygen atoms in total. The first-order valence-corrected chi connectivity index (χ1v) is 9.59. The van der Waals surface area contributed by atoms with Crippen LogP contribution < -0.4 is 11.1 Å². The number of carbonyl (C=O) groups excluding carboxylic acids is 1. The zero-order valence-corrected chi connectivity index (χ0v) is 16.5. The Morgan fingerprint density at radius 3 is 2.84 bits per heavy atom. The number of aromatic nitrogens is 7. The molecule has 0 aliphatic rings. The van der Waals surface area contributed by atoms with Crippen LogP contribution in [0.15, 0.2) is 61.3 Å². The molecule has 0 unspecified atom stereocenters. The maximum Gasteiger partial charge on any atom is 0.274 e. The summed E-state index contributed by atoms with van der Waals surface area (Å²) in [5.41, 5.74) is 9.00. The third kappa shape index (κ3) is 3.51. The summed E-state index contributed by atoms with van der Waals surface area (Å²) in [5, 5.41) is 6.74. The van der Waals surface area contributed by atoms with Crippen molar-refractivity contribution < 1.29 is 9.18 Å². The Kier molecular flexibility index (Phi) is 4.75. The van der Waals surface area contributed by atoms with Gasteiger partial charge < -0.3 is 16.0 Å². The number of nitrogens with one attached hydrogen (secondary N) is 2. The minimum Gasteiger partial charge on any atom is -0.382 e. The fourth-order valence-electron chi connectivity index (χ4n) is 3.24. The molecule has 4 N–H and O–H groups in total. The molecule has 0 radical (unpaired) electrons. The lowest BCUT2D eigenvalue weighted by Crippen LogP contribution is -2.26. The number of fused-ring (bicyclic) bond motifs is 1. The van der Waals surface area contributed by atoms with Crippen LogP contribution in [0.2, 0.25) is 0 Å². The predicted octanol–water partition coefficient (Wildman–Crippen LogP) is 2.23. The van der Waals surface area contributed by atoms with Crippen LogP contribution in [-0.4, -0.2) is 40.4 Å². The number of hydrogen-bond donors (Lipinski definition) is 3. The van der Waals surface area contributed by atoms with E-state index in [1.54, 1.807) is 23.0 Å². The molecular weight excluding hydrogens is 413 g/mol. The van der Waals surface area contributed by atoms with Gasteiger partial charge in [-0.3, -0.25) is 9.78 Å². The smallest absolute Gasteiger partial charge is 0.274 e. The van der Waals surface area contributed by atoms with Crippen molar-refractivity contribution in [2.75, 3.05) is 5.73 Å². The van der Waals surface area contributed by atoms with Gasteiger partial charge in [0.2, 0.25) is 0 Å². The third-order valence-corrected chi connectivity index (χ3v) is 4.79. The number of aromatic amines is 1. The molecule has 11 heteroatoms. The van der Waals surface area contributed by atoms with Crippen LogP contribution in [0, 0.1) is 5.82 Å². The molecule has 0 aliphatic heterocycles. The molecule has 1 amide bonds. The Morgan fingerprint density at radius 1 is 1.12 bits per heavy atom. The van der Waals surface area contributed by atoms with Crippen molar-refractivity contribution >= 4 is 17.4 Å². The maximum absolute atomic E-state index is 13.8. The second kappa shape index (κ2) is 7.87. The van der Waals surface area contributed by atoms with Gasteiger partial charge in [0.25, 0.3) is 5.91 Å². The van der Waals surface area contributed by atoms with Gasteiger partial charge in [-0.05, 0) is 36.4 Å². The summed E-state index contributed by atoms with van der Waals surface area (Å²) in [4.78, 5) is 32.9. The van der Waals surface area contributed by atoms with Gasteiger partial charge in [0.1, 0.15) is 23.5 Å². The first kappa shape index (κ1) is 19.3. The van der Waals surface area contributed by atoms with Crippen molar-refractivity contribution in [3.05, 3.63) is 78.5 Å². The van der Waals surface area contributed by atoms with Crippen LogP contribution in [-0.2, 0) is 6.54 Å². The van der Waals surface area contributed by atoms with Crippen LogP contribution in [0.5, 0.6) is 0 Å². The van der Waals surface area contributed by atoms with Gasteiger partial charge >= 0.3 is 0 Å². The number of nitrogen functional groups attached to an aromatic ring is 1. The van der Waals surface area contributed by atoms with Gasteiger partial charge in [-0.2, -0.15) is 5.10 Å². The van der Waals surface area contributed by atoms with E-state index in [2.05, 4.69) is 35.3 Å². The molecule has 5 aromatic rings. The topological polar surface area (TPSA) is 140 Å². The van der Waals surface area contributed by atoms with E-state index in [4.69, 9.17) is 5.73 Å². The molecule has 0 atom stereocenters. The van der Waals surface area contributed by atoms with E-state index in [1.165, 1.54) is 24.7 Å². The average Bonchev–Trinajstić information content (AvgIpc) is 3.50. The summed E-state index contributed by atoms with van der Waals surface area (Å²) in [6.07, 6.45) is 6.37. The van der Waals surface area contributed by atoms with Crippen molar-refractivity contribution in [2.24, 2.45) is 0 Å². The SMILES string of the molecule is Nc1nc(-c2ccc[nH]2)c(-c2ccc3ncnn3c2)nc1C(=O)NCc1ncccc1F. The largest absolute Gasteiger partial charge is 0.382 e. The molecular formula is C21H16FN9O. The highest BCUT2D eigenvalue weighted by Crippen LogP contribution is 2.30. The highest BCUT2D eigenvalue weighted by atomic mass is 19.1. The summed E-state index contributed by atoms with van der Waals surface area (Å²) in [6.45, 7) is -0.120. The molecule has 5 heterocycles. The summed E-state index contributed by atoms with van der Waals surface area (Å²) in [6, 6.07) is 9.97. The molecule has 0 saturated heterocycles. The van der Waals surface area contributed by atoms with E-state index in [1.807, 2.05) is 18.2 Å². The molecule has 158 valence electrons. The van der Waals surface area contributed by atoms with Crippen LogP contribution in [0.25, 0.3) is 28.3 Å². The van der Waals surface area contributed by atoms with Gasteiger partial charge in [-0.1, -0.05) is 0 Å². The van der Waals surface area contributed by atoms with Crippen molar-refractivity contribution in [1.29, 1.82) is 0 Å². The van der Waals surface area contributed by atoms with Crippen molar-refractivity contribution in [3.8, 4) is 22.6 Å². The second-order valence-corrected chi connectivity index (χ2v) is 6.83. The van der Waals surface area contributed by atoms with E-state index in [9.17, 15) is 9.18 Å². The predicted molar refractivity (Wildman–Crippen MR) is 114 cm³/mol.